The highest BCUT2D eigenvalue weighted by Gasteiger charge is 2.51. The lowest BCUT2D eigenvalue weighted by molar-refractivity contribution is 0.0902. The first-order chi connectivity index (χ1) is 37.7. The summed E-state index contributed by atoms with van der Waals surface area (Å²) in [6.07, 6.45) is 4.14. The minimum Gasteiger partial charge on any atom is -0.446 e. The van der Waals surface area contributed by atoms with Gasteiger partial charge >= 0.3 is 6.09 Å². The number of nitrogens with one attached hydrogen (secondary N) is 2. The molecule has 402 valence electrons. The summed E-state index contributed by atoms with van der Waals surface area (Å²) in [6.45, 7) is 10.6. The number of aliphatic hydroxyl groups excluding tert-OH is 1. The number of carbonyl (C=O) groups excluding carboxylic acids is 2. The molecule has 0 saturated carbocycles. The predicted octanol–water partition coefficient (Wildman–Crippen LogP) is 9.47. The molecule has 78 heavy (non-hydrogen) atoms. The van der Waals surface area contributed by atoms with Gasteiger partial charge < -0.3 is 47.5 Å². The number of likely N-dealkylation sites (N-methyl/N-ethyl adjacent to an activating group) is 1. The van der Waals surface area contributed by atoms with Gasteiger partial charge in [0.25, 0.3) is 14.2 Å². The Morgan fingerprint density at radius 2 is 1.18 bits per heavy atom. The summed E-state index contributed by atoms with van der Waals surface area (Å²) in [7, 11) is 0.684. The van der Waals surface area contributed by atoms with Crippen LogP contribution in [-0.2, 0) is 28.6 Å². The fourth-order valence-electron chi connectivity index (χ4n) is 9.12. The third-order valence-electron chi connectivity index (χ3n) is 13.0. The highest BCUT2D eigenvalue weighted by Crippen LogP contribution is 2.38. The van der Waals surface area contributed by atoms with Crippen molar-refractivity contribution in [3.63, 3.8) is 0 Å². The van der Waals surface area contributed by atoms with Gasteiger partial charge in [0.2, 0.25) is 23.6 Å². The monoisotopic (exact) mass is 1070 g/mol. The van der Waals surface area contributed by atoms with Gasteiger partial charge in [-0.25, -0.2) is 34.7 Å². The number of nitrogens with zero attached hydrogens (tertiary/aromatic N) is 7. The van der Waals surface area contributed by atoms with Crippen molar-refractivity contribution in [1.29, 1.82) is 0 Å². The maximum absolute atomic E-state index is 15.0. The second-order valence-corrected chi connectivity index (χ2v) is 24.3. The number of hydrogen-bond donors (Lipinski definition) is 3. The van der Waals surface area contributed by atoms with Crippen LogP contribution in [0.4, 0.5) is 4.79 Å². The number of aliphatic hydroxyl groups is 1. The van der Waals surface area contributed by atoms with E-state index in [1.165, 1.54) is 12.5 Å². The molecule has 0 bridgehead atoms. The number of ether oxygens (including phenoxy) is 1. The molecule has 2 atom stereocenters. The zero-order chi connectivity index (χ0) is 54.8. The molecule has 18 nitrogen and oxygen atoms in total. The number of amides is 2. The molecule has 0 aliphatic carbocycles. The Morgan fingerprint density at radius 1 is 0.641 bits per heavy atom. The Bertz CT molecular complexity index is 3390. The van der Waals surface area contributed by atoms with E-state index in [2.05, 4.69) is 72.6 Å². The second kappa shape index (κ2) is 24.3. The summed E-state index contributed by atoms with van der Waals surface area (Å²) in [5, 5.41) is 17.7. The van der Waals surface area contributed by atoms with Crippen LogP contribution in [0.3, 0.4) is 0 Å². The highest BCUT2D eigenvalue weighted by atomic mass is 28.4. The number of aryl methyl sites for hydroxylation is 2. The van der Waals surface area contributed by atoms with Crippen LogP contribution < -0.4 is 21.0 Å². The van der Waals surface area contributed by atoms with Gasteiger partial charge in [0.15, 0.2) is 5.69 Å². The number of oxazole rings is 4. The Morgan fingerprint density at radius 3 is 1.73 bits per heavy atom. The zero-order valence-corrected chi connectivity index (χ0v) is 45.7. The van der Waals surface area contributed by atoms with Crippen LogP contribution in [0.15, 0.2) is 158 Å². The minimum absolute atomic E-state index is 0.0369. The molecule has 0 radical (unpaired) electrons. The standard InChI is InChI=1S/C59H63N9O9Si/c1-8-20-50-38(2)60-56(76-50)44-29-18-27-43(61-44)48-36-73-55(65-48)49(37-75-78(59(3,4)5,40-23-14-10-15-24-40)41-25-16-11-17-26-41)63-53(70)52-51(31-32-68(6)7)77-57(67-52)45-30-19-28-42(62-45)47-35-72-54(64-47)46(33-69)66-58(71)74-34-39-21-12-9-13-22-39/h9-19,21-30,35-36,46,49,69H,8,20,31-34,37H2,1-7H3,(H,63,70)(H,66,71). The normalized spacial score (nSPS) is 12.6. The van der Waals surface area contributed by atoms with E-state index in [4.69, 9.17) is 46.8 Å². The van der Waals surface area contributed by atoms with Crippen LogP contribution in [0.1, 0.15) is 91.2 Å². The molecule has 19 heteroatoms. The SMILES string of the molecule is CCCc1oc(-c2cccc(-c3coc(C(CO[Si](c4ccccc4)(c4ccccc4)C(C)(C)C)NC(=O)c4nc(-c5cccc(-c6coc(C(CO)NC(=O)OCc7ccccc7)n6)n5)oc4CCN(C)C)n3)n2)nc1C. The summed E-state index contributed by atoms with van der Waals surface area (Å²) >= 11 is 0. The van der Waals surface area contributed by atoms with Crippen molar-refractivity contribution in [2.24, 2.45) is 0 Å². The maximum atomic E-state index is 15.0. The molecule has 0 aliphatic heterocycles. The topological polar surface area (TPSA) is 230 Å². The van der Waals surface area contributed by atoms with E-state index in [-0.39, 0.29) is 36.6 Å². The van der Waals surface area contributed by atoms with E-state index < -0.39 is 44.0 Å². The van der Waals surface area contributed by atoms with Gasteiger partial charge in [-0.1, -0.05) is 131 Å². The molecular formula is C59H63N9O9Si. The van der Waals surface area contributed by atoms with E-state index in [1.54, 1.807) is 18.2 Å². The van der Waals surface area contributed by atoms with Crippen LogP contribution in [0.5, 0.6) is 0 Å². The molecule has 2 amide bonds. The van der Waals surface area contributed by atoms with Gasteiger partial charge in [-0.2, -0.15) is 0 Å². The lowest BCUT2D eigenvalue weighted by atomic mass is 10.2. The van der Waals surface area contributed by atoms with Crippen molar-refractivity contribution in [3.05, 3.63) is 180 Å². The van der Waals surface area contributed by atoms with Gasteiger partial charge in [0.1, 0.15) is 65.5 Å². The largest absolute Gasteiger partial charge is 0.446 e. The summed E-state index contributed by atoms with van der Waals surface area (Å²) < 4.78 is 37.4. The van der Waals surface area contributed by atoms with Gasteiger partial charge in [-0.05, 0) is 72.7 Å². The molecule has 6 heterocycles. The lowest BCUT2D eigenvalue weighted by Gasteiger charge is -2.43. The summed E-state index contributed by atoms with van der Waals surface area (Å²) in [5.41, 5.74) is 4.15. The Labute approximate surface area is 453 Å². The number of carbonyl (C=O) groups is 2. The molecule has 0 fully saturated rings. The van der Waals surface area contributed by atoms with Crippen molar-refractivity contribution in [2.45, 2.75) is 77.6 Å². The quantitative estimate of drug-likeness (QED) is 0.0537. The molecule has 0 saturated heterocycles. The van der Waals surface area contributed by atoms with Crippen molar-refractivity contribution in [2.75, 3.05) is 33.9 Å². The summed E-state index contributed by atoms with van der Waals surface area (Å²) in [6, 6.07) is 38.4. The number of alkyl carbamates (subject to hydrolysis) is 1. The van der Waals surface area contributed by atoms with Crippen LogP contribution in [0.2, 0.25) is 5.04 Å². The smallest absolute Gasteiger partial charge is 0.408 e. The number of aromatic nitrogens is 6. The average molecular weight is 1070 g/mol. The second-order valence-electron chi connectivity index (χ2n) is 20.0. The minimum atomic E-state index is -3.17. The molecule has 2 unspecified atom stereocenters. The van der Waals surface area contributed by atoms with Gasteiger partial charge in [0.05, 0.1) is 30.3 Å². The summed E-state index contributed by atoms with van der Waals surface area (Å²) in [4.78, 5) is 58.4. The first kappa shape index (κ1) is 54.4. The van der Waals surface area contributed by atoms with Crippen LogP contribution in [0, 0.1) is 6.92 Å². The number of benzene rings is 3. The molecule has 6 aromatic heterocycles. The van der Waals surface area contributed by atoms with E-state index in [1.807, 2.05) is 111 Å². The molecule has 0 aliphatic rings. The van der Waals surface area contributed by atoms with Crippen LogP contribution in [-0.4, -0.2) is 94.1 Å². The van der Waals surface area contributed by atoms with E-state index >= 15 is 4.79 Å². The van der Waals surface area contributed by atoms with E-state index in [0.29, 0.717) is 58.8 Å². The Balaban J connectivity index is 1.03. The van der Waals surface area contributed by atoms with E-state index in [0.717, 1.165) is 40.2 Å². The Kier molecular flexibility index (Phi) is 17.0. The first-order valence-corrected chi connectivity index (χ1v) is 27.7. The molecular weight excluding hydrogens is 1010 g/mol. The maximum Gasteiger partial charge on any atom is 0.408 e. The summed E-state index contributed by atoms with van der Waals surface area (Å²) in [5.74, 6) is 1.31. The van der Waals surface area contributed by atoms with Crippen molar-refractivity contribution >= 4 is 30.7 Å². The van der Waals surface area contributed by atoms with Crippen molar-refractivity contribution in [1.82, 2.24) is 45.4 Å². The van der Waals surface area contributed by atoms with Gasteiger partial charge in [-0.3, -0.25) is 4.79 Å². The van der Waals surface area contributed by atoms with Gasteiger partial charge in [0, 0.05) is 19.4 Å². The Hall–Kier alpha value is -8.36. The van der Waals surface area contributed by atoms with Gasteiger partial charge in [-0.15, -0.1) is 0 Å². The van der Waals surface area contributed by atoms with Crippen molar-refractivity contribution < 1.29 is 41.5 Å². The first-order valence-electron chi connectivity index (χ1n) is 25.8. The molecule has 9 aromatic rings. The van der Waals surface area contributed by atoms with E-state index in [9.17, 15) is 9.90 Å². The van der Waals surface area contributed by atoms with Crippen molar-refractivity contribution in [3.8, 4) is 45.9 Å². The lowest BCUT2D eigenvalue weighted by Crippen LogP contribution is -2.67. The number of hydrogen-bond acceptors (Lipinski definition) is 16. The fraction of sp³-hybridized carbons (Fsp3) is 0.288. The predicted molar refractivity (Wildman–Crippen MR) is 295 cm³/mol. The molecule has 3 aromatic carbocycles. The number of rotatable bonds is 22. The van der Waals surface area contributed by atoms with Crippen LogP contribution in [0.25, 0.3) is 45.9 Å². The van der Waals surface area contributed by atoms with Crippen LogP contribution >= 0.6 is 0 Å². The highest BCUT2D eigenvalue weighted by molar-refractivity contribution is 6.99. The average Bonchev–Trinajstić information content (AvgIpc) is 4.43. The third-order valence-corrected chi connectivity index (χ3v) is 18.1. The molecule has 3 N–H and O–H groups in total. The zero-order valence-electron chi connectivity index (χ0n) is 44.7. The number of pyridine rings is 2. The molecule has 9 rings (SSSR count). The molecule has 0 spiro atoms. The fourth-order valence-corrected chi connectivity index (χ4v) is 13.7. The third kappa shape index (κ3) is 12.4.